The number of carbonyl (C=O) groups is 1. The summed E-state index contributed by atoms with van der Waals surface area (Å²) in [4.78, 5) is 15.1. The van der Waals surface area contributed by atoms with Crippen LogP contribution in [0.1, 0.15) is 35.4 Å². The van der Waals surface area contributed by atoms with Gasteiger partial charge in [0.15, 0.2) is 0 Å². The highest BCUT2D eigenvalue weighted by Crippen LogP contribution is 2.25. The van der Waals surface area contributed by atoms with Gasteiger partial charge in [0.1, 0.15) is 0 Å². The van der Waals surface area contributed by atoms with E-state index in [1.54, 1.807) is 0 Å². The first-order valence-corrected chi connectivity index (χ1v) is 6.66. The minimum atomic E-state index is 0.168. The second-order valence-electron chi connectivity index (χ2n) is 4.16. The molecule has 1 aliphatic rings. The van der Waals surface area contributed by atoms with Crippen molar-refractivity contribution in [3.05, 3.63) is 35.0 Å². The molecule has 0 aromatic carbocycles. The Bertz CT molecular complexity index is 352. The van der Waals surface area contributed by atoms with Gasteiger partial charge in [0.05, 0.1) is 4.88 Å². The van der Waals surface area contributed by atoms with E-state index < -0.39 is 0 Å². The average Bonchev–Trinajstić information content (AvgIpc) is 2.96. The molecule has 1 fully saturated rings. The molecule has 16 heavy (non-hydrogen) atoms. The van der Waals surface area contributed by atoms with Gasteiger partial charge in [-0.15, -0.1) is 17.9 Å². The van der Waals surface area contributed by atoms with Crippen molar-refractivity contribution in [2.24, 2.45) is 0 Å². The SMILES string of the molecule is C=CCN(C(=O)c1cccs1)C1CCCC1. The standard InChI is InChI=1S/C13H17NOS/c1-2-9-14(11-6-3-4-7-11)13(15)12-8-5-10-16-12/h2,5,8,10-11H,1,3-4,6-7,9H2. The molecule has 0 saturated heterocycles. The molecule has 1 saturated carbocycles. The predicted molar refractivity (Wildman–Crippen MR) is 67.8 cm³/mol. The molecule has 0 unspecified atom stereocenters. The zero-order valence-corrected chi connectivity index (χ0v) is 10.2. The van der Waals surface area contributed by atoms with Gasteiger partial charge in [0.25, 0.3) is 5.91 Å². The van der Waals surface area contributed by atoms with Crippen LogP contribution < -0.4 is 0 Å². The smallest absolute Gasteiger partial charge is 0.264 e. The number of rotatable bonds is 4. The first-order chi connectivity index (χ1) is 7.83. The van der Waals surface area contributed by atoms with Crippen molar-refractivity contribution in [3.8, 4) is 0 Å². The van der Waals surface area contributed by atoms with E-state index in [0.717, 1.165) is 17.7 Å². The number of thiophene rings is 1. The molecule has 0 aliphatic heterocycles. The van der Waals surface area contributed by atoms with E-state index in [1.807, 2.05) is 28.5 Å². The lowest BCUT2D eigenvalue weighted by atomic mass is 10.2. The second-order valence-corrected chi connectivity index (χ2v) is 5.11. The maximum absolute atomic E-state index is 12.3. The monoisotopic (exact) mass is 235 g/mol. The molecule has 0 spiro atoms. The lowest BCUT2D eigenvalue weighted by molar-refractivity contribution is 0.0711. The van der Waals surface area contributed by atoms with Crippen LogP contribution in [0.4, 0.5) is 0 Å². The lowest BCUT2D eigenvalue weighted by Crippen LogP contribution is -2.38. The molecule has 2 rings (SSSR count). The van der Waals surface area contributed by atoms with Gasteiger partial charge in [-0.2, -0.15) is 0 Å². The molecule has 0 bridgehead atoms. The minimum absolute atomic E-state index is 0.168. The molecule has 1 aliphatic carbocycles. The van der Waals surface area contributed by atoms with E-state index in [1.165, 1.54) is 24.2 Å². The molecule has 1 aromatic rings. The zero-order chi connectivity index (χ0) is 11.4. The Labute approximate surface area is 101 Å². The Morgan fingerprint density at radius 3 is 2.88 bits per heavy atom. The Morgan fingerprint density at radius 1 is 1.56 bits per heavy atom. The molecule has 1 aromatic heterocycles. The third-order valence-electron chi connectivity index (χ3n) is 3.08. The topological polar surface area (TPSA) is 20.3 Å². The van der Waals surface area contributed by atoms with E-state index in [0.29, 0.717) is 12.6 Å². The third kappa shape index (κ3) is 2.35. The largest absolute Gasteiger partial charge is 0.331 e. The third-order valence-corrected chi connectivity index (χ3v) is 3.94. The quantitative estimate of drug-likeness (QED) is 0.733. The van der Waals surface area contributed by atoms with Crippen molar-refractivity contribution in [2.75, 3.05) is 6.54 Å². The fourth-order valence-electron chi connectivity index (χ4n) is 2.29. The number of amides is 1. The number of hydrogen-bond donors (Lipinski definition) is 0. The summed E-state index contributed by atoms with van der Waals surface area (Å²) in [6, 6.07) is 4.25. The van der Waals surface area contributed by atoms with Crippen molar-refractivity contribution in [2.45, 2.75) is 31.7 Å². The van der Waals surface area contributed by atoms with Gasteiger partial charge in [0, 0.05) is 12.6 Å². The van der Waals surface area contributed by atoms with Crippen LogP contribution in [0, 0.1) is 0 Å². The summed E-state index contributed by atoms with van der Waals surface area (Å²) in [7, 11) is 0. The maximum atomic E-state index is 12.3. The summed E-state index contributed by atoms with van der Waals surface area (Å²) in [5.41, 5.74) is 0. The van der Waals surface area contributed by atoms with E-state index in [9.17, 15) is 4.79 Å². The number of hydrogen-bond acceptors (Lipinski definition) is 2. The fourth-order valence-corrected chi connectivity index (χ4v) is 2.97. The van der Waals surface area contributed by atoms with Crippen molar-refractivity contribution in [3.63, 3.8) is 0 Å². The van der Waals surface area contributed by atoms with E-state index >= 15 is 0 Å². The van der Waals surface area contributed by atoms with Crippen molar-refractivity contribution < 1.29 is 4.79 Å². The Hall–Kier alpha value is -1.09. The van der Waals surface area contributed by atoms with Crippen LogP contribution in [0.3, 0.4) is 0 Å². The van der Waals surface area contributed by atoms with Crippen LogP contribution in [0.5, 0.6) is 0 Å². The van der Waals surface area contributed by atoms with Crippen LogP contribution in [-0.2, 0) is 0 Å². The second kappa shape index (κ2) is 5.30. The molecular weight excluding hydrogens is 218 g/mol. The highest BCUT2D eigenvalue weighted by Gasteiger charge is 2.26. The fraction of sp³-hybridized carbons (Fsp3) is 0.462. The summed E-state index contributed by atoms with van der Waals surface area (Å²) < 4.78 is 0. The average molecular weight is 235 g/mol. The van der Waals surface area contributed by atoms with Gasteiger partial charge in [0.2, 0.25) is 0 Å². The Kier molecular flexibility index (Phi) is 3.78. The number of carbonyl (C=O) groups excluding carboxylic acids is 1. The van der Waals surface area contributed by atoms with Gasteiger partial charge in [-0.05, 0) is 24.3 Å². The maximum Gasteiger partial charge on any atom is 0.264 e. The molecule has 1 heterocycles. The molecule has 0 atom stereocenters. The van der Waals surface area contributed by atoms with E-state index in [4.69, 9.17) is 0 Å². The summed E-state index contributed by atoms with van der Waals surface area (Å²) in [6.45, 7) is 4.41. The lowest BCUT2D eigenvalue weighted by Gasteiger charge is -2.27. The van der Waals surface area contributed by atoms with Gasteiger partial charge in [-0.3, -0.25) is 4.79 Å². The van der Waals surface area contributed by atoms with Gasteiger partial charge < -0.3 is 4.90 Å². The molecule has 86 valence electrons. The van der Waals surface area contributed by atoms with Crippen LogP contribution in [0.2, 0.25) is 0 Å². The summed E-state index contributed by atoms with van der Waals surface area (Å²) in [6.07, 6.45) is 6.60. The molecule has 2 nitrogen and oxygen atoms in total. The predicted octanol–water partition coefficient (Wildman–Crippen LogP) is 3.32. The van der Waals surface area contributed by atoms with Gasteiger partial charge in [-0.25, -0.2) is 0 Å². The van der Waals surface area contributed by atoms with Crippen molar-refractivity contribution in [1.82, 2.24) is 4.90 Å². The summed E-state index contributed by atoms with van der Waals surface area (Å²) in [5.74, 6) is 0.168. The van der Waals surface area contributed by atoms with E-state index in [2.05, 4.69) is 6.58 Å². The van der Waals surface area contributed by atoms with Gasteiger partial charge in [-0.1, -0.05) is 25.0 Å². The molecular formula is C13H17NOS. The highest BCUT2D eigenvalue weighted by atomic mass is 32.1. The molecule has 1 amide bonds. The normalized spacial score (nSPS) is 16.2. The van der Waals surface area contributed by atoms with Crippen LogP contribution in [0.25, 0.3) is 0 Å². The van der Waals surface area contributed by atoms with Crippen molar-refractivity contribution in [1.29, 1.82) is 0 Å². The first-order valence-electron chi connectivity index (χ1n) is 5.78. The van der Waals surface area contributed by atoms with Crippen LogP contribution in [-0.4, -0.2) is 23.4 Å². The Morgan fingerprint density at radius 2 is 2.31 bits per heavy atom. The Balaban J connectivity index is 2.12. The minimum Gasteiger partial charge on any atom is -0.331 e. The van der Waals surface area contributed by atoms with Crippen LogP contribution in [0.15, 0.2) is 30.2 Å². The molecule has 3 heteroatoms. The molecule has 0 radical (unpaired) electrons. The van der Waals surface area contributed by atoms with Crippen LogP contribution >= 0.6 is 11.3 Å². The molecule has 0 N–H and O–H groups in total. The first kappa shape index (κ1) is 11.4. The van der Waals surface area contributed by atoms with E-state index in [-0.39, 0.29) is 5.91 Å². The van der Waals surface area contributed by atoms with Gasteiger partial charge >= 0.3 is 0 Å². The summed E-state index contributed by atoms with van der Waals surface area (Å²) in [5, 5.41) is 1.95. The zero-order valence-electron chi connectivity index (χ0n) is 9.39. The number of nitrogens with zero attached hydrogens (tertiary/aromatic N) is 1. The summed E-state index contributed by atoms with van der Waals surface area (Å²) >= 11 is 1.52. The van der Waals surface area contributed by atoms with Crippen molar-refractivity contribution >= 4 is 17.2 Å². The highest BCUT2D eigenvalue weighted by molar-refractivity contribution is 7.12.